The van der Waals surface area contributed by atoms with Gasteiger partial charge in [0.2, 0.25) is 5.91 Å². The Kier molecular flexibility index (Phi) is 8.78. The van der Waals surface area contributed by atoms with E-state index in [2.05, 4.69) is 33.8 Å². The van der Waals surface area contributed by atoms with Crippen molar-refractivity contribution in [2.24, 2.45) is 4.99 Å². The van der Waals surface area contributed by atoms with Crippen LogP contribution in [0.4, 0.5) is 0 Å². The highest BCUT2D eigenvalue weighted by molar-refractivity contribution is 5.80. The third kappa shape index (κ3) is 6.91. The minimum atomic E-state index is 0.225. The van der Waals surface area contributed by atoms with E-state index in [4.69, 9.17) is 9.15 Å². The second kappa shape index (κ2) is 12.0. The highest BCUT2D eigenvalue weighted by Gasteiger charge is 2.19. The number of benzene rings is 1. The van der Waals surface area contributed by atoms with Gasteiger partial charge in [-0.2, -0.15) is 0 Å². The molecule has 3 rings (SSSR count). The largest absolute Gasteiger partial charge is 0.467 e. The summed E-state index contributed by atoms with van der Waals surface area (Å²) in [4.78, 5) is 18.7. The van der Waals surface area contributed by atoms with E-state index in [9.17, 15) is 4.79 Å². The van der Waals surface area contributed by atoms with Crippen LogP contribution >= 0.6 is 0 Å². The molecule has 0 bridgehead atoms. The summed E-state index contributed by atoms with van der Waals surface area (Å²) < 4.78 is 10.8. The summed E-state index contributed by atoms with van der Waals surface area (Å²) in [6.07, 6.45) is 4.80. The maximum atomic E-state index is 12.5. The van der Waals surface area contributed by atoms with Crippen molar-refractivity contribution in [3.8, 4) is 0 Å². The number of nitrogens with one attached hydrogen (secondary N) is 2. The fourth-order valence-corrected chi connectivity index (χ4v) is 3.48. The van der Waals surface area contributed by atoms with E-state index < -0.39 is 0 Å². The molecule has 7 heteroatoms. The number of furan rings is 1. The molecule has 0 fully saturated rings. The van der Waals surface area contributed by atoms with E-state index >= 15 is 0 Å². The second-order valence-corrected chi connectivity index (χ2v) is 7.35. The average Bonchev–Trinajstić information content (AvgIpc) is 3.30. The molecule has 0 radical (unpaired) electrons. The molecule has 2 N–H and O–H groups in total. The van der Waals surface area contributed by atoms with Crippen molar-refractivity contribution in [3.05, 3.63) is 59.5 Å². The first-order valence-electron chi connectivity index (χ1n) is 10.7. The van der Waals surface area contributed by atoms with E-state index in [1.54, 1.807) is 13.3 Å². The van der Waals surface area contributed by atoms with Gasteiger partial charge in [-0.1, -0.05) is 24.3 Å². The van der Waals surface area contributed by atoms with Crippen LogP contribution in [0.25, 0.3) is 0 Å². The molecular formula is C23H32N4O3. The Morgan fingerprint density at radius 2 is 1.93 bits per heavy atom. The van der Waals surface area contributed by atoms with Crippen LogP contribution in [-0.4, -0.2) is 50.1 Å². The Labute approximate surface area is 178 Å². The van der Waals surface area contributed by atoms with Gasteiger partial charge in [0.25, 0.3) is 0 Å². The maximum absolute atomic E-state index is 12.5. The fourth-order valence-electron chi connectivity index (χ4n) is 3.48. The number of hydrogen-bond donors (Lipinski definition) is 2. The Hall–Kier alpha value is -2.80. The van der Waals surface area contributed by atoms with Crippen molar-refractivity contribution in [1.29, 1.82) is 0 Å². The number of amides is 1. The van der Waals surface area contributed by atoms with Crippen LogP contribution in [-0.2, 0) is 29.1 Å². The summed E-state index contributed by atoms with van der Waals surface area (Å²) in [5.74, 6) is 1.81. The summed E-state index contributed by atoms with van der Waals surface area (Å²) in [7, 11) is 1.75. The number of aliphatic imine (C=N–C) groups is 1. The second-order valence-electron chi connectivity index (χ2n) is 7.35. The number of carbonyl (C=O) groups excluding carboxylic acids is 1. The van der Waals surface area contributed by atoms with E-state index in [-0.39, 0.29) is 5.91 Å². The molecule has 2 heterocycles. The Morgan fingerprint density at radius 3 is 2.70 bits per heavy atom. The van der Waals surface area contributed by atoms with Crippen molar-refractivity contribution in [1.82, 2.24) is 15.5 Å². The molecule has 0 spiro atoms. The molecule has 30 heavy (non-hydrogen) atoms. The van der Waals surface area contributed by atoms with Crippen molar-refractivity contribution < 1.29 is 13.9 Å². The van der Waals surface area contributed by atoms with Gasteiger partial charge >= 0.3 is 0 Å². The number of ether oxygens (including phenoxy) is 1. The van der Waals surface area contributed by atoms with Gasteiger partial charge in [-0.3, -0.25) is 9.79 Å². The van der Waals surface area contributed by atoms with Crippen LogP contribution in [0.5, 0.6) is 0 Å². The number of guanidine groups is 1. The van der Waals surface area contributed by atoms with E-state index in [1.807, 2.05) is 23.1 Å². The highest BCUT2D eigenvalue weighted by Crippen LogP contribution is 2.19. The Balaban J connectivity index is 1.24. The molecule has 7 nitrogen and oxygen atoms in total. The number of carbonyl (C=O) groups is 1. The van der Waals surface area contributed by atoms with Gasteiger partial charge in [0, 0.05) is 46.3 Å². The minimum absolute atomic E-state index is 0.225. The van der Waals surface area contributed by atoms with Gasteiger partial charge in [0.15, 0.2) is 5.96 Å². The molecule has 0 unspecified atom stereocenters. The van der Waals surface area contributed by atoms with Crippen LogP contribution in [0, 0.1) is 0 Å². The van der Waals surface area contributed by atoms with Crippen molar-refractivity contribution >= 4 is 11.9 Å². The molecule has 0 saturated carbocycles. The molecule has 0 saturated heterocycles. The Morgan fingerprint density at radius 1 is 1.13 bits per heavy atom. The third-order valence-electron chi connectivity index (χ3n) is 5.15. The lowest BCUT2D eigenvalue weighted by Gasteiger charge is -2.29. The van der Waals surface area contributed by atoms with Crippen LogP contribution in [0.3, 0.4) is 0 Å². The molecule has 1 aliphatic heterocycles. The van der Waals surface area contributed by atoms with Crippen LogP contribution in [0.2, 0.25) is 0 Å². The number of nitrogens with zero attached hydrogens (tertiary/aromatic N) is 2. The molecule has 0 atom stereocenters. The monoisotopic (exact) mass is 412 g/mol. The van der Waals surface area contributed by atoms with Gasteiger partial charge < -0.3 is 24.7 Å². The average molecular weight is 413 g/mol. The van der Waals surface area contributed by atoms with Gasteiger partial charge in [-0.15, -0.1) is 0 Å². The molecule has 2 aromatic rings. The van der Waals surface area contributed by atoms with Gasteiger partial charge in [-0.25, -0.2) is 0 Å². The number of hydrogen-bond acceptors (Lipinski definition) is 4. The van der Waals surface area contributed by atoms with Crippen LogP contribution < -0.4 is 10.6 Å². The summed E-state index contributed by atoms with van der Waals surface area (Å²) in [5.41, 5.74) is 2.64. The van der Waals surface area contributed by atoms with Crippen LogP contribution in [0.1, 0.15) is 36.1 Å². The summed E-state index contributed by atoms with van der Waals surface area (Å²) in [6.45, 7) is 4.17. The normalized spacial score (nSPS) is 13.8. The predicted octanol–water partition coefficient (Wildman–Crippen LogP) is 2.72. The molecule has 1 aromatic heterocycles. The third-order valence-corrected chi connectivity index (χ3v) is 5.15. The molecule has 162 valence electrons. The zero-order valence-corrected chi connectivity index (χ0v) is 17.7. The predicted molar refractivity (Wildman–Crippen MR) is 117 cm³/mol. The summed E-state index contributed by atoms with van der Waals surface area (Å²) >= 11 is 0. The molecule has 0 aliphatic carbocycles. The smallest absolute Gasteiger partial charge is 0.222 e. The van der Waals surface area contributed by atoms with Crippen molar-refractivity contribution in [3.63, 3.8) is 0 Å². The van der Waals surface area contributed by atoms with E-state index in [0.29, 0.717) is 26.2 Å². The fraction of sp³-hybridized carbons (Fsp3) is 0.478. The topological polar surface area (TPSA) is 79.1 Å². The highest BCUT2D eigenvalue weighted by atomic mass is 16.5. The molecular weight excluding hydrogens is 380 g/mol. The first-order chi connectivity index (χ1) is 14.8. The lowest BCUT2D eigenvalue weighted by Crippen LogP contribution is -2.39. The lowest BCUT2D eigenvalue weighted by molar-refractivity contribution is -0.132. The van der Waals surface area contributed by atoms with E-state index in [0.717, 1.165) is 50.6 Å². The van der Waals surface area contributed by atoms with Crippen molar-refractivity contribution in [2.75, 3.05) is 33.3 Å². The molecule has 1 aliphatic rings. The molecule has 1 aromatic carbocycles. The summed E-state index contributed by atoms with van der Waals surface area (Å²) in [5, 5.41) is 6.53. The van der Waals surface area contributed by atoms with Gasteiger partial charge in [-0.05, 0) is 42.5 Å². The van der Waals surface area contributed by atoms with Crippen LogP contribution in [0.15, 0.2) is 52.1 Å². The number of fused-ring (bicyclic) bond motifs is 1. The zero-order chi connectivity index (χ0) is 21.0. The first-order valence-corrected chi connectivity index (χ1v) is 10.7. The molecule has 1 amide bonds. The quantitative estimate of drug-likeness (QED) is 0.356. The van der Waals surface area contributed by atoms with Gasteiger partial charge in [0.05, 0.1) is 6.26 Å². The standard InChI is InChI=1S/C23H32N4O3/c1-24-23(26-13-6-15-29-18-21-9-5-16-30-21)25-12-4-10-22(28)27-14-11-19-7-2-3-8-20(19)17-27/h2-3,5,7-9,16H,4,6,10-15,17-18H2,1H3,(H2,24,25,26). The maximum Gasteiger partial charge on any atom is 0.222 e. The SMILES string of the molecule is CN=C(NCCCOCc1ccco1)NCCCC(=O)N1CCc2ccccc2C1. The van der Waals surface area contributed by atoms with Crippen molar-refractivity contribution in [2.45, 2.75) is 38.8 Å². The Bertz CT molecular complexity index is 805. The minimum Gasteiger partial charge on any atom is -0.467 e. The first kappa shape index (κ1) is 21.9. The zero-order valence-electron chi connectivity index (χ0n) is 17.7. The lowest BCUT2D eigenvalue weighted by atomic mass is 9.99. The summed E-state index contributed by atoms with van der Waals surface area (Å²) in [6, 6.07) is 12.1. The van der Waals surface area contributed by atoms with Gasteiger partial charge in [0.1, 0.15) is 12.4 Å². The number of rotatable bonds is 10. The van der Waals surface area contributed by atoms with E-state index in [1.165, 1.54) is 11.1 Å².